The lowest BCUT2D eigenvalue weighted by Crippen LogP contribution is -1.96. The normalized spacial score (nSPS) is 11.3. The standard InChI is InChI=1S/C10H6Br2F2N2/c11-4-1-5-7(15)3-8(10(13)14)16-9(5)6(12)2-4/h1-3,10H,(H2,15,16). The Morgan fingerprint density at radius 2 is 1.88 bits per heavy atom. The van der Waals surface area contributed by atoms with Crippen LogP contribution in [0.3, 0.4) is 0 Å². The summed E-state index contributed by atoms with van der Waals surface area (Å²) in [6, 6.07) is 4.69. The summed E-state index contributed by atoms with van der Waals surface area (Å²) in [5, 5.41) is 0.644. The molecule has 0 aliphatic heterocycles. The number of alkyl halides is 2. The molecule has 2 aromatic rings. The van der Waals surface area contributed by atoms with Crippen molar-refractivity contribution in [1.29, 1.82) is 0 Å². The highest BCUT2D eigenvalue weighted by Gasteiger charge is 2.13. The molecule has 0 atom stereocenters. The zero-order valence-electron chi connectivity index (χ0n) is 7.85. The number of hydrogen-bond donors (Lipinski definition) is 1. The molecular formula is C10H6Br2F2N2. The van der Waals surface area contributed by atoms with Crippen LogP contribution in [0.5, 0.6) is 0 Å². The van der Waals surface area contributed by atoms with E-state index in [0.717, 1.165) is 4.47 Å². The van der Waals surface area contributed by atoms with Crippen LogP contribution in [0.2, 0.25) is 0 Å². The van der Waals surface area contributed by atoms with Crippen molar-refractivity contribution >= 4 is 48.5 Å². The van der Waals surface area contributed by atoms with E-state index in [9.17, 15) is 8.78 Å². The molecule has 2 rings (SSSR count). The van der Waals surface area contributed by atoms with Gasteiger partial charge in [-0.15, -0.1) is 0 Å². The third-order valence-corrected chi connectivity index (χ3v) is 3.17. The van der Waals surface area contributed by atoms with E-state index in [4.69, 9.17) is 5.73 Å². The Bertz CT molecular complexity index is 558. The third kappa shape index (κ3) is 2.04. The molecule has 0 saturated heterocycles. The van der Waals surface area contributed by atoms with Crippen molar-refractivity contribution in [3.05, 3.63) is 32.8 Å². The maximum Gasteiger partial charge on any atom is 0.280 e. The number of hydrogen-bond acceptors (Lipinski definition) is 2. The molecule has 84 valence electrons. The van der Waals surface area contributed by atoms with E-state index in [1.54, 1.807) is 12.1 Å². The van der Waals surface area contributed by atoms with Gasteiger partial charge in [-0.3, -0.25) is 0 Å². The summed E-state index contributed by atoms with van der Waals surface area (Å²) in [5.74, 6) is 0. The number of anilines is 1. The molecule has 0 aliphatic carbocycles. The lowest BCUT2D eigenvalue weighted by molar-refractivity contribution is 0.146. The molecule has 0 amide bonds. The van der Waals surface area contributed by atoms with Crippen LogP contribution in [0, 0.1) is 0 Å². The molecule has 2 nitrogen and oxygen atoms in total. The summed E-state index contributed by atoms with van der Waals surface area (Å²) in [5.41, 5.74) is 6.14. The number of halogens is 4. The van der Waals surface area contributed by atoms with Gasteiger partial charge < -0.3 is 5.73 Å². The minimum atomic E-state index is -2.62. The average molecular weight is 352 g/mol. The van der Waals surface area contributed by atoms with Gasteiger partial charge in [0.2, 0.25) is 0 Å². The Hall–Kier alpha value is -0.750. The number of fused-ring (bicyclic) bond motifs is 1. The van der Waals surface area contributed by atoms with Gasteiger partial charge >= 0.3 is 0 Å². The van der Waals surface area contributed by atoms with E-state index >= 15 is 0 Å². The van der Waals surface area contributed by atoms with Crippen LogP contribution in [-0.2, 0) is 0 Å². The predicted octanol–water partition coefficient (Wildman–Crippen LogP) is 4.28. The lowest BCUT2D eigenvalue weighted by atomic mass is 10.1. The van der Waals surface area contributed by atoms with Crippen molar-refractivity contribution in [2.45, 2.75) is 6.43 Å². The van der Waals surface area contributed by atoms with E-state index in [1.807, 2.05) is 0 Å². The van der Waals surface area contributed by atoms with E-state index in [1.165, 1.54) is 6.07 Å². The largest absolute Gasteiger partial charge is 0.398 e. The molecule has 0 bridgehead atoms. The second-order valence-corrected chi connectivity index (χ2v) is 4.99. The Labute approximate surface area is 107 Å². The van der Waals surface area contributed by atoms with Gasteiger partial charge in [0.25, 0.3) is 6.43 Å². The summed E-state index contributed by atoms with van der Waals surface area (Å²) in [6.45, 7) is 0. The molecule has 0 radical (unpaired) electrons. The highest BCUT2D eigenvalue weighted by molar-refractivity contribution is 9.11. The average Bonchev–Trinajstić information content (AvgIpc) is 2.19. The van der Waals surface area contributed by atoms with Crippen LogP contribution in [0.25, 0.3) is 10.9 Å². The molecule has 1 heterocycles. The van der Waals surface area contributed by atoms with Gasteiger partial charge in [0.05, 0.1) is 5.52 Å². The Morgan fingerprint density at radius 3 is 2.50 bits per heavy atom. The highest BCUT2D eigenvalue weighted by Crippen LogP contribution is 2.32. The first-order valence-electron chi connectivity index (χ1n) is 4.32. The van der Waals surface area contributed by atoms with Crippen LogP contribution in [0.15, 0.2) is 27.1 Å². The molecule has 0 fully saturated rings. The molecule has 0 spiro atoms. The summed E-state index contributed by atoms with van der Waals surface area (Å²) < 4.78 is 26.5. The topological polar surface area (TPSA) is 38.9 Å². The number of pyridine rings is 1. The monoisotopic (exact) mass is 350 g/mol. The number of nitrogens with zero attached hydrogens (tertiary/aromatic N) is 1. The van der Waals surface area contributed by atoms with Crippen molar-refractivity contribution < 1.29 is 8.78 Å². The first-order valence-corrected chi connectivity index (χ1v) is 5.91. The molecule has 1 aromatic carbocycles. The minimum absolute atomic E-state index is 0.294. The maximum atomic E-state index is 12.5. The molecule has 16 heavy (non-hydrogen) atoms. The fraction of sp³-hybridized carbons (Fsp3) is 0.100. The number of benzene rings is 1. The summed E-state index contributed by atoms with van der Waals surface area (Å²) >= 11 is 6.58. The van der Waals surface area contributed by atoms with Crippen molar-refractivity contribution in [2.75, 3.05) is 5.73 Å². The number of nitrogens with two attached hydrogens (primary N) is 1. The molecule has 0 unspecified atom stereocenters. The van der Waals surface area contributed by atoms with Gasteiger partial charge in [-0.1, -0.05) is 15.9 Å². The van der Waals surface area contributed by atoms with Gasteiger partial charge in [0.1, 0.15) is 5.69 Å². The molecule has 2 N–H and O–H groups in total. The van der Waals surface area contributed by atoms with Crippen molar-refractivity contribution in [3.8, 4) is 0 Å². The summed E-state index contributed by atoms with van der Waals surface area (Å²) in [6.07, 6.45) is -2.62. The van der Waals surface area contributed by atoms with Gasteiger partial charge in [0.15, 0.2) is 0 Å². The first kappa shape index (κ1) is 11.7. The zero-order valence-corrected chi connectivity index (χ0v) is 11.0. The quantitative estimate of drug-likeness (QED) is 0.832. The van der Waals surface area contributed by atoms with Crippen molar-refractivity contribution in [3.63, 3.8) is 0 Å². The number of rotatable bonds is 1. The molecule has 0 aliphatic rings. The molecule has 0 saturated carbocycles. The Kier molecular flexibility index (Phi) is 3.12. The van der Waals surface area contributed by atoms with Crippen LogP contribution >= 0.6 is 31.9 Å². The summed E-state index contributed by atoms with van der Waals surface area (Å²) in [7, 11) is 0. The maximum absolute atomic E-state index is 12.5. The second-order valence-electron chi connectivity index (χ2n) is 3.22. The fourth-order valence-electron chi connectivity index (χ4n) is 1.41. The van der Waals surface area contributed by atoms with E-state index in [2.05, 4.69) is 36.8 Å². The number of nitrogen functional groups attached to an aromatic ring is 1. The number of aromatic nitrogens is 1. The van der Waals surface area contributed by atoms with Gasteiger partial charge in [-0.25, -0.2) is 13.8 Å². The van der Waals surface area contributed by atoms with Crippen LogP contribution in [-0.4, -0.2) is 4.98 Å². The predicted molar refractivity (Wildman–Crippen MR) is 66.5 cm³/mol. The lowest BCUT2D eigenvalue weighted by Gasteiger charge is -2.07. The van der Waals surface area contributed by atoms with Gasteiger partial charge in [0, 0.05) is 20.0 Å². The highest BCUT2D eigenvalue weighted by atomic mass is 79.9. The smallest absolute Gasteiger partial charge is 0.280 e. The first-order chi connectivity index (χ1) is 7.49. The van der Waals surface area contributed by atoms with Crippen LogP contribution in [0.4, 0.5) is 14.5 Å². The Morgan fingerprint density at radius 1 is 1.19 bits per heavy atom. The van der Waals surface area contributed by atoms with Crippen LogP contribution in [0.1, 0.15) is 12.1 Å². The van der Waals surface area contributed by atoms with Crippen molar-refractivity contribution in [1.82, 2.24) is 4.98 Å². The Balaban J connectivity index is 2.82. The second kappa shape index (κ2) is 4.25. The molecule has 6 heteroatoms. The fourth-order valence-corrected chi connectivity index (χ4v) is 2.72. The van der Waals surface area contributed by atoms with E-state index in [-0.39, 0.29) is 5.69 Å². The van der Waals surface area contributed by atoms with Crippen LogP contribution < -0.4 is 5.73 Å². The SMILES string of the molecule is Nc1cc(C(F)F)nc2c(Br)cc(Br)cc12. The van der Waals surface area contributed by atoms with E-state index < -0.39 is 6.43 Å². The van der Waals surface area contributed by atoms with Gasteiger partial charge in [-0.05, 0) is 34.1 Å². The zero-order chi connectivity index (χ0) is 11.9. The minimum Gasteiger partial charge on any atom is -0.398 e. The third-order valence-electron chi connectivity index (χ3n) is 2.11. The van der Waals surface area contributed by atoms with Gasteiger partial charge in [-0.2, -0.15) is 0 Å². The molecule has 1 aromatic heterocycles. The van der Waals surface area contributed by atoms with Crippen molar-refractivity contribution in [2.24, 2.45) is 0 Å². The van der Waals surface area contributed by atoms with E-state index in [0.29, 0.717) is 21.1 Å². The molecular weight excluding hydrogens is 346 g/mol. The summed E-state index contributed by atoms with van der Waals surface area (Å²) in [4.78, 5) is 3.88.